The predicted molar refractivity (Wildman–Crippen MR) is 68.6 cm³/mol. The standard InChI is InChI=1S/C9H16N2O2.C4H10/c10-9(12)7-8-6(5-11-7)3-1-2-4-13-8;1-4(2)3/h6-8,11H,1-5H2,(H2,10,12);4H,1-3H3. The molecule has 0 bridgehead atoms. The molecule has 2 heterocycles. The van der Waals surface area contributed by atoms with E-state index in [4.69, 9.17) is 10.5 Å². The zero-order chi connectivity index (χ0) is 12.8. The van der Waals surface area contributed by atoms with E-state index in [2.05, 4.69) is 26.1 Å². The van der Waals surface area contributed by atoms with Crippen molar-refractivity contribution in [3.05, 3.63) is 0 Å². The van der Waals surface area contributed by atoms with Crippen molar-refractivity contribution in [2.45, 2.75) is 52.2 Å². The van der Waals surface area contributed by atoms with E-state index in [1.807, 2.05) is 0 Å². The number of carbonyl (C=O) groups excluding carboxylic acids is 1. The lowest BCUT2D eigenvalue weighted by Gasteiger charge is -2.19. The molecule has 2 aliphatic rings. The Hall–Kier alpha value is -0.610. The van der Waals surface area contributed by atoms with Gasteiger partial charge in [0.15, 0.2) is 0 Å². The Morgan fingerprint density at radius 3 is 2.59 bits per heavy atom. The van der Waals surface area contributed by atoms with Gasteiger partial charge in [0.2, 0.25) is 5.91 Å². The van der Waals surface area contributed by atoms with Crippen LogP contribution in [0.25, 0.3) is 0 Å². The van der Waals surface area contributed by atoms with Gasteiger partial charge < -0.3 is 15.8 Å². The molecule has 1 amide bonds. The molecule has 2 saturated heterocycles. The molecule has 4 heteroatoms. The van der Waals surface area contributed by atoms with Gasteiger partial charge in [-0.25, -0.2) is 0 Å². The molecule has 2 fully saturated rings. The number of amides is 1. The van der Waals surface area contributed by atoms with Crippen LogP contribution in [0.3, 0.4) is 0 Å². The Labute approximate surface area is 104 Å². The first-order valence-electron chi connectivity index (χ1n) is 6.66. The third kappa shape index (κ3) is 4.64. The van der Waals surface area contributed by atoms with Crippen LogP contribution in [-0.2, 0) is 9.53 Å². The molecule has 0 radical (unpaired) electrons. The largest absolute Gasteiger partial charge is 0.376 e. The third-order valence-corrected chi connectivity index (χ3v) is 2.98. The number of nitrogens with two attached hydrogens (primary N) is 1. The van der Waals surface area contributed by atoms with E-state index >= 15 is 0 Å². The second-order valence-corrected chi connectivity index (χ2v) is 5.61. The highest BCUT2D eigenvalue weighted by molar-refractivity contribution is 5.81. The van der Waals surface area contributed by atoms with Gasteiger partial charge in [0.05, 0.1) is 6.10 Å². The number of hydrogen-bond donors (Lipinski definition) is 2. The molecule has 2 aliphatic heterocycles. The van der Waals surface area contributed by atoms with Crippen molar-refractivity contribution in [2.75, 3.05) is 13.2 Å². The van der Waals surface area contributed by atoms with Crippen LogP contribution in [-0.4, -0.2) is 31.2 Å². The maximum Gasteiger partial charge on any atom is 0.237 e. The number of rotatable bonds is 1. The first-order valence-corrected chi connectivity index (χ1v) is 6.66. The zero-order valence-corrected chi connectivity index (χ0v) is 11.2. The quantitative estimate of drug-likeness (QED) is 0.728. The van der Waals surface area contributed by atoms with Gasteiger partial charge in [-0.3, -0.25) is 4.79 Å². The fraction of sp³-hybridized carbons (Fsp3) is 0.923. The van der Waals surface area contributed by atoms with E-state index in [1.54, 1.807) is 0 Å². The molecular weight excluding hydrogens is 216 g/mol. The lowest BCUT2D eigenvalue weighted by Crippen LogP contribution is -2.44. The van der Waals surface area contributed by atoms with Gasteiger partial charge in [-0.1, -0.05) is 27.2 Å². The Balaban J connectivity index is 0.000000317. The summed E-state index contributed by atoms with van der Waals surface area (Å²) in [7, 11) is 0. The van der Waals surface area contributed by atoms with Crippen LogP contribution in [0.5, 0.6) is 0 Å². The van der Waals surface area contributed by atoms with E-state index in [1.165, 1.54) is 6.42 Å². The van der Waals surface area contributed by atoms with Gasteiger partial charge in [0, 0.05) is 13.2 Å². The summed E-state index contributed by atoms with van der Waals surface area (Å²) >= 11 is 0. The van der Waals surface area contributed by atoms with Crippen LogP contribution in [0, 0.1) is 11.8 Å². The highest BCUT2D eigenvalue weighted by atomic mass is 16.5. The highest BCUT2D eigenvalue weighted by Crippen LogP contribution is 2.26. The van der Waals surface area contributed by atoms with Crippen LogP contribution in [0.4, 0.5) is 0 Å². The number of fused-ring (bicyclic) bond motifs is 1. The first kappa shape index (κ1) is 14.5. The van der Waals surface area contributed by atoms with E-state index in [9.17, 15) is 4.79 Å². The van der Waals surface area contributed by atoms with Crippen LogP contribution in [0.15, 0.2) is 0 Å². The SMILES string of the molecule is CC(C)C.NC(=O)C1NCC2CCCCOC21. The van der Waals surface area contributed by atoms with E-state index in [0.29, 0.717) is 5.92 Å². The van der Waals surface area contributed by atoms with Crippen molar-refractivity contribution >= 4 is 5.91 Å². The topological polar surface area (TPSA) is 64.4 Å². The normalized spacial score (nSPS) is 32.4. The molecule has 0 spiro atoms. The fourth-order valence-electron chi connectivity index (χ4n) is 2.27. The molecule has 100 valence electrons. The molecule has 0 aromatic heterocycles. The highest BCUT2D eigenvalue weighted by Gasteiger charge is 2.40. The molecule has 4 nitrogen and oxygen atoms in total. The van der Waals surface area contributed by atoms with Crippen LogP contribution in [0.2, 0.25) is 0 Å². The van der Waals surface area contributed by atoms with Crippen molar-refractivity contribution in [1.82, 2.24) is 5.32 Å². The average molecular weight is 242 g/mol. The summed E-state index contributed by atoms with van der Waals surface area (Å²) in [6.45, 7) is 8.14. The molecule has 3 unspecified atom stereocenters. The molecule has 0 saturated carbocycles. The monoisotopic (exact) mass is 242 g/mol. The van der Waals surface area contributed by atoms with Gasteiger partial charge in [-0.2, -0.15) is 0 Å². The van der Waals surface area contributed by atoms with Gasteiger partial charge in [0.1, 0.15) is 6.04 Å². The molecule has 3 N–H and O–H groups in total. The summed E-state index contributed by atoms with van der Waals surface area (Å²) in [5.41, 5.74) is 5.27. The Kier molecular flexibility index (Phi) is 5.92. The molecule has 0 aromatic carbocycles. The van der Waals surface area contributed by atoms with Gasteiger partial charge in [-0.15, -0.1) is 0 Å². The zero-order valence-electron chi connectivity index (χ0n) is 11.2. The fourth-order valence-corrected chi connectivity index (χ4v) is 2.27. The van der Waals surface area contributed by atoms with E-state index in [0.717, 1.165) is 31.9 Å². The number of primary amides is 1. The van der Waals surface area contributed by atoms with Crippen molar-refractivity contribution < 1.29 is 9.53 Å². The van der Waals surface area contributed by atoms with Gasteiger partial charge in [0.25, 0.3) is 0 Å². The second-order valence-electron chi connectivity index (χ2n) is 5.61. The minimum atomic E-state index is -0.283. The lowest BCUT2D eigenvalue weighted by molar-refractivity contribution is -0.123. The minimum Gasteiger partial charge on any atom is -0.376 e. The number of ether oxygens (including phenoxy) is 1. The Morgan fingerprint density at radius 1 is 1.35 bits per heavy atom. The summed E-state index contributed by atoms with van der Waals surface area (Å²) in [6.07, 6.45) is 3.49. The maximum absolute atomic E-state index is 11.0. The van der Waals surface area contributed by atoms with E-state index < -0.39 is 0 Å². The molecule has 17 heavy (non-hydrogen) atoms. The van der Waals surface area contributed by atoms with Gasteiger partial charge in [-0.05, 0) is 24.7 Å². The Morgan fingerprint density at radius 2 is 2.00 bits per heavy atom. The molecule has 2 rings (SSSR count). The summed E-state index contributed by atoms with van der Waals surface area (Å²) in [4.78, 5) is 11.0. The predicted octanol–water partition coefficient (Wildman–Crippen LogP) is 1.29. The molecular formula is C13H26N2O2. The van der Waals surface area contributed by atoms with Gasteiger partial charge >= 0.3 is 0 Å². The molecule has 3 atom stereocenters. The van der Waals surface area contributed by atoms with Crippen molar-refractivity contribution in [1.29, 1.82) is 0 Å². The Bertz CT molecular complexity index is 241. The number of hydrogen-bond acceptors (Lipinski definition) is 3. The maximum atomic E-state index is 11.0. The number of nitrogens with one attached hydrogen (secondary N) is 1. The van der Waals surface area contributed by atoms with Crippen LogP contribution < -0.4 is 11.1 Å². The summed E-state index contributed by atoms with van der Waals surface area (Å²) in [6, 6.07) is -0.261. The second kappa shape index (κ2) is 6.97. The smallest absolute Gasteiger partial charge is 0.237 e. The summed E-state index contributed by atoms with van der Waals surface area (Å²) in [5.74, 6) is 1.04. The minimum absolute atomic E-state index is 0.0278. The molecule has 0 aromatic rings. The van der Waals surface area contributed by atoms with Crippen molar-refractivity contribution in [3.8, 4) is 0 Å². The first-order chi connectivity index (χ1) is 8.02. The van der Waals surface area contributed by atoms with Crippen LogP contribution >= 0.6 is 0 Å². The van der Waals surface area contributed by atoms with E-state index in [-0.39, 0.29) is 18.1 Å². The molecule has 0 aliphatic carbocycles. The third-order valence-electron chi connectivity index (χ3n) is 2.98. The average Bonchev–Trinajstić information content (AvgIpc) is 2.48. The summed E-state index contributed by atoms with van der Waals surface area (Å²) < 4.78 is 5.64. The number of carbonyl (C=O) groups is 1. The van der Waals surface area contributed by atoms with Crippen molar-refractivity contribution in [2.24, 2.45) is 17.6 Å². The summed E-state index contributed by atoms with van der Waals surface area (Å²) in [5, 5.41) is 3.13. The van der Waals surface area contributed by atoms with Crippen LogP contribution in [0.1, 0.15) is 40.0 Å². The van der Waals surface area contributed by atoms with Crippen molar-refractivity contribution in [3.63, 3.8) is 0 Å². The lowest BCUT2D eigenvalue weighted by atomic mass is 9.97.